The first-order valence-corrected chi connectivity index (χ1v) is 6.71. The molecule has 0 unspecified atom stereocenters. The van der Waals surface area contributed by atoms with Crippen molar-refractivity contribution in [2.24, 2.45) is 17.6 Å². The van der Waals surface area contributed by atoms with E-state index in [4.69, 9.17) is 5.73 Å². The van der Waals surface area contributed by atoms with Crippen molar-refractivity contribution in [3.63, 3.8) is 0 Å². The maximum atomic E-state index is 11.7. The van der Waals surface area contributed by atoms with Crippen LogP contribution >= 0.6 is 0 Å². The van der Waals surface area contributed by atoms with Crippen LogP contribution in [0, 0.1) is 11.8 Å². The van der Waals surface area contributed by atoms with Gasteiger partial charge in [-0.25, -0.2) is 0 Å². The SMILES string of the molecule is CCC1CCC(CNC(=O)C2(N)CC2)CC1. The van der Waals surface area contributed by atoms with Crippen molar-refractivity contribution in [3.05, 3.63) is 0 Å². The zero-order valence-electron chi connectivity index (χ0n) is 10.3. The summed E-state index contributed by atoms with van der Waals surface area (Å²) >= 11 is 0. The third kappa shape index (κ3) is 2.76. The van der Waals surface area contributed by atoms with Crippen LogP contribution in [0.3, 0.4) is 0 Å². The summed E-state index contributed by atoms with van der Waals surface area (Å²) in [5.41, 5.74) is 5.34. The molecule has 1 amide bonds. The average molecular weight is 224 g/mol. The topological polar surface area (TPSA) is 55.1 Å². The summed E-state index contributed by atoms with van der Waals surface area (Å²) in [4.78, 5) is 11.7. The number of carbonyl (C=O) groups excluding carboxylic acids is 1. The van der Waals surface area contributed by atoms with Crippen LogP contribution in [-0.2, 0) is 4.79 Å². The normalized spacial score (nSPS) is 32.1. The van der Waals surface area contributed by atoms with Crippen LogP contribution in [-0.4, -0.2) is 18.0 Å². The Hall–Kier alpha value is -0.570. The Morgan fingerprint density at radius 1 is 1.25 bits per heavy atom. The van der Waals surface area contributed by atoms with Crippen LogP contribution in [0.1, 0.15) is 51.9 Å². The van der Waals surface area contributed by atoms with Gasteiger partial charge in [-0.2, -0.15) is 0 Å². The Labute approximate surface area is 98.2 Å². The smallest absolute Gasteiger partial charge is 0.240 e. The van der Waals surface area contributed by atoms with Crippen LogP contribution in [0.25, 0.3) is 0 Å². The standard InChI is InChI=1S/C13H24N2O/c1-2-10-3-5-11(6-4-10)9-15-12(16)13(14)7-8-13/h10-11H,2-9,14H2,1H3,(H,15,16). The second kappa shape index (κ2) is 4.74. The molecule has 2 aliphatic carbocycles. The van der Waals surface area contributed by atoms with E-state index in [9.17, 15) is 4.79 Å². The molecule has 2 aliphatic rings. The van der Waals surface area contributed by atoms with Gasteiger partial charge in [0.15, 0.2) is 0 Å². The van der Waals surface area contributed by atoms with Gasteiger partial charge in [0.05, 0.1) is 5.54 Å². The minimum Gasteiger partial charge on any atom is -0.354 e. The molecule has 3 N–H and O–H groups in total. The lowest BCUT2D eigenvalue weighted by atomic mass is 9.81. The molecule has 0 saturated heterocycles. The molecule has 2 fully saturated rings. The van der Waals surface area contributed by atoms with E-state index in [-0.39, 0.29) is 5.91 Å². The van der Waals surface area contributed by atoms with Gasteiger partial charge >= 0.3 is 0 Å². The number of amides is 1. The number of nitrogens with two attached hydrogens (primary N) is 1. The highest BCUT2D eigenvalue weighted by Crippen LogP contribution is 2.33. The largest absolute Gasteiger partial charge is 0.354 e. The predicted octanol–water partition coefficient (Wildman–Crippen LogP) is 1.81. The molecular formula is C13H24N2O. The summed E-state index contributed by atoms with van der Waals surface area (Å²) in [6.45, 7) is 3.12. The van der Waals surface area contributed by atoms with Gasteiger partial charge in [0.2, 0.25) is 5.91 Å². The Morgan fingerprint density at radius 2 is 1.81 bits per heavy atom. The molecule has 0 aromatic carbocycles. The molecule has 0 spiro atoms. The maximum Gasteiger partial charge on any atom is 0.240 e. The number of carbonyl (C=O) groups is 1. The Kier molecular flexibility index (Phi) is 3.53. The fourth-order valence-corrected chi connectivity index (χ4v) is 2.62. The van der Waals surface area contributed by atoms with Crippen LogP contribution in [0.15, 0.2) is 0 Å². The Morgan fingerprint density at radius 3 is 2.31 bits per heavy atom. The van der Waals surface area contributed by atoms with Crippen molar-refractivity contribution < 1.29 is 4.79 Å². The molecule has 0 aromatic rings. The van der Waals surface area contributed by atoms with Gasteiger partial charge in [-0.1, -0.05) is 26.2 Å². The number of hydrogen-bond acceptors (Lipinski definition) is 2. The van der Waals surface area contributed by atoms with Crippen molar-refractivity contribution in [2.45, 2.75) is 57.4 Å². The lowest BCUT2D eigenvalue weighted by Gasteiger charge is -2.28. The van der Waals surface area contributed by atoms with Gasteiger partial charge < -0.3 is 11.1 Å². The van der Waals surface area contributed by atoms with Crippen LogP contribution in [0.4, 0.5) is 0 Å². The van der Waals surface area contributed by atoms with E-state index in [1.54, 1.807) is 0 Å². The zero-order valence-corrected chi connectivity index (χ0v) is 10.3. The molecule has 0 radical (unpaired) electrons. The van der Waals surface area contributed by atoms with Crippen molar-refractivity contribution in [2.75, 3.05) is 6.54 Å². The molecule has 0 aliphatic heterocycles. The highest BCUT2D eigenvalue weighted by atomic mass is 16.2. The minimum absolute atomic E-state index is 0.0742. The van der Waals surface area contributed by atoms with Crippen molar-refractivity contribution in [3.8, 4) is 0 Å². The zero-order chi connectivity index (χ0) is 11.6. The summed E-state index contributed by atoms with van der Waals surface area (Å²) in [7, 11) is 0. The van der Waals surface area contributed by atoms with Crippen molar-refractivity contribution >= 4 is 5.91 Å². The fraction of sp³-hybridized carbons (Fsp3) is 0.923. The molecule has 0 atom stereocenters. The average Bonchev–Trinajstić information content (AvgIpc) is 3.06. The molecule has 92 valence electrons. The quantitative estimate of drug-likeness (QED) is 0.765. The lowest BCUT2D eigenvalue weighted by Crippen LogP contribution is -2.44. The summed E-state index contributed by atoms with van der Waals surface area (Å²) in [6, 6.07) is 0. The first kappa shape index (κ1) is 11.9. The highest BCUT2D eigenvalue weighted by Gasteiger charge is 2.45. The molecule has 16 heavy (non-hydrogen) atoms. The number of rotatable bonds is 4. The molecule has 3 heteroatoms. The van der Waals surface area contributed by atoms with E-state index < -0.39 is 5.54 Å². The first-order chi connectivity index (χ1) is 7.64. The second-order valence-electron chi connectivity index (χ2n) is 5.66. The van der Waals surface area contributed by atoms with E-state index in [0.29, 0.717) is 5.92 Å². The van der Waals surface area contributed by atoms with E-state index in [0.717, 1.165) is 25.3 Å². The molecule has 2 saturated carbocycles. The molecule has 0 aromatic heterocycles. The second-order valence-corrected chi connectivity index (χ2v) is 5.66. The van der Waals surface area contributed by atoms with Gasteiger partial charge in [0.25, 0.3) is 0 Å². The molecule has 0 bridgehead atoms. The molecule has 2 rings (SSSR count). The van der Waals surface area contributed by atoms with E-state index in [1.807, 2.05) is 0 Å². The minimum atomic E-state index is -0.499. The Bertz CT molecular complexity index is 253. The van der Waals surface area contributed by atoms with E-state index >= 15 is 0 Å². The van der Waals surface area contributed by atoms with Crippen molar-refractivity contribution in [1.29, 1.82) is 0 Å². The Balaban J connectivity index is 1.65. The van der Waals surface area contributed by atoms with E-state index in [2.05, 4.69) is 12.2 Å². The summed E-state index contributed by atoms with van der Waals surface area (Å²) in [5, 5.41) is 3.02. The van der Waals surface area contributed by atoms with Crippen LogP contribution in [0.5, 0.6) is 0 Å². The summed E-state index contributed by atoms with van der Waals surface area (Å²) in [6.07, 6.45) is 8.26. The van der Waals surface area contributed by atoms with Crippen LogP contribution < -0.4 is 11.1 Å². The molecular weight excluding hydrogens is 200 g/mol. The van der Waals surface area contributed by atoms with Gasteiger partial charge in [-0.3, -0.25) is 4.79 Å². The monoisotopic (exact) mass is 224 g/mol. The summed E-state index contributed by atoms with van der Waals surface area (Å²) in [5.74, 6) is 1.69. The third-order valence-corrected chi connectivity index (χ3v) is 4.34. The fourth-order valence-electron chi connectivity index (χ4n) is 2.62. The predicted molar refractivity (Wildman–Crippen MR) is 64.9 cm³/mol. The molecule has 3 nitrogen and oxygen atoms in total. The number of hydrogen-bond donors (Lipinski definition) is 2. The van der Waals surface area contributed by atoms with Gasteiger partial charge in [0, 0.05) is 6.54 Å². The van der Waals surface area contributed by atoms with E-state index in [1.165, 1.54) is 32.1 Å². The maximum absolute atomic E-state index is 11.7. The highest BCUT2D eigenvalue weighted by molar-refractivity contribution is 5.88. The van der Waals surface area contributed by atoms with Crippen molar-refractivity contribution in [1.82, 2.24) is 5.32 Å². The third-order valence-electron chi connectivity index (χ3n) is 4.34. The van der Waals surface area contributed by atoms with Gasteiger partial charge in [-0.05, 0) is 37.5 Å². The van der Waals surface area contributed by atoms with Crippen LogP contribution in [0.2, 0.25) is 0 Å². The molecule has 0 heterocycles. The van der Waals surface area contributed by atoms with Gasteiger partial charge in [0.1, 0.15) is 0 Å². The lowest BCUT2D eigenvalue weighted by molar-refractivity contribution is -0.123. The van der Waals surface area contributed by atoms with Gasteiger partial charge in [-0.15, -0.1) is 0 Å². The first-order valence-electron chi connectivity index (χ1n) is 6.71. The number of nitrogens with one attached hydrogen (secondary N) is 1. The summed E-state index contributed by atoms with van der Waals surface area (Å²) < 4.78 is 0.